The van der Waals surface area contributed by atoms with Gasteiger partial charge in [0.1, 0.15) is 36.6 Å². The molecule has 1 fully saturated rings. The van der Waals surface area contributed by atoms with E-state index in [-0.39, 0.29) is 75.5 Å². The van der Waals surface area contributed by atoms with Crippen molar-refractivity contribution in [1.29, 1.82) is 0 Å². The summed E-state index contributed by atoms with van der Waals surface area (Å²) in [7, 11) is -18.5. The predicted octanol–water partition coefficient (Wildman–Crippen LogP) is -6.77. The van der Waals surface area contributed by atoms with E-state index in [1.807, 2.05) is 0 Å². The Morgan fingerprint density at radius 2 is 0.962 bits per heavy atom. The van der Waals surface area contributed by atoms with Gasteiger partial charge in [0.25, 0.3) is 15.6 Å². The van der Waals surface area contributed by atoms with Gasteiger partial charge in [0.15, 0.2) is 0 Å². The van der Waals surface area contributed by atoms with Crippen LogP contribution in [0.4, 0.5) is 0 Å². The molecular formula is C6H11Ca2O15P3. The standard InChI is InChI=1S/C6H15O15P3.2Ca/c7-1-2(8)4(10)6(5(11)3(1)9)19-23(15,16)21-24(17,18)20-22(12,13)14;;/h1-11H,(H,15,16)(H,17,18)(H2,12,13,14);;/q;2*+2/p-4. The summed E-state index contributed by atoms with van der Waals surface area (Å²) >= 11 is 0. The van der Waals surface area contributed by atoms with Crippen molar-refractivity contribution in [3.8, 4) is 0 Å². The Morgan fingerprint density at radius 3 is 1.31 bits per heavy atom. The van der Waals surface area contributed by atoms with Gasteiger partial charge in [-0.05, 0) is 0 Å². The number of hydrogen-bond acceptors (Lipinski definition) is 15. The first-order valence-corrected chi connectivity index (χ1v) is 10.1. The SMILES string of the molecule is O=P([O-])([O-])OP(=O)([O-])OP(=O)([O-])OC1C(O)C(O)C(O)C(O)C1O.[Ca+2].[Ca+2]. The fourth-order valence-electron chi connectivity index (χ4n) is 1.75. The smallest absolute Gasteiger partial charge is 0.790 e. The molecule has 1 aliphatic rings. The van der Waals surface area contributed by atoms with Gasteiger partial charge in [-0.2, -0.15) is 0 Å². The van der Waals surface area contributed by atoms with E-state index >= 15 is 0 Å². The molecule has 1 rings (SSSR count). The molecule has 0 amide bonds. The maximum atomic E-state index is 11.4. The molecule has 0 aromatic carbocycles. The molecule has 0 spiro atoms. The average molecular weight is 496 g/mol. The van der Waals surface area contributed by atoms with Crippen LogP contribution in [0.2, 0.25) is 0 Å². The molecule has 20 heteroatoms. The van der Waals surface area contributed by atoms with E-state index in [0.717, 1.165) is 0 Å². The van der Waals surface area contributed by atoms with Crippen molar-refractivity contribution < 1.29 is 71.9 Å². The van der Waals surface area contributed by atoms with E-state index in [4.69, 9.17) is 0 Å². The monoisotopic (exact) mass is 496 g/mol. The number of hydrogen-bond donors (Lipinski definition) is 5. The molecule has 26 heavy (non-hydrogen) atoms. The van der Waals surface area contributed by atoms with Crippen LogP contribution < -0.4 is 19.6 Å². The first-order valence-electron chi connectivity index (χ1n) is 5.72. The molecule has 15 nitrogen and oxygen atoms in total. The van der Waals surface area contributed by atoms with E-state index in [9.17, 15) is 58.8 Å². The fraction of sp³-hybridized carbons (Fsp3) is 1.00. The molecule has 0 saturated heterocycles. The van der Waals surface area contributed by atoms with Gasteiger partial charge in [-0.15, -0.1) is 0 Å². The summed E-state index contributed by atoms with van der Waals surface area (Å²) in [6.07, 6.45) is -13.6. The third-order valence-electron chi connectivity index (χ3n) is 2.72. The third kappa shape index (κ3) is 9.25. The van der Waals surface area contributed by atoms with Crippen LogP contribution in [-0.2, 0) is 26.8 Å². The van der Waals surface area contributed by atoms with Crippen molar-refractivity contribution in [1.82, 2.24) is 0 Å². The van der Waals surface area contributed by atoms with Gasteiger partial charge in [-0.3, -0.25) is 13.4 Å². The molecule has 1 aliphatic carbocycles. The fourth-order valence-corrected chi connectivity index (χ4v) is 4.80. The molecular weight excluding hydrogens is 485 g/mol. The number of aliphatic hydroxyl groups excluding tert-OH is 5. The Balaban J connectivity index is 0. The number of phosphoric ester groups is 1. The second-order valence-corrected chi connectivity index (χ2v) is 8.73. The first kappa shape index (κ1) is 30.9. The van der Waals surface area contributed by atoms with Crippen LogP contribution >= 0.6 is 23.5 Å². The summed E-state index contributed by atoms with van der Waals surface area (Å²) in [5.41, 5.74) is 0. The van der Waals surface area contributed by atoms with Crippen molar-refractivity contribution in [2.24, 2.45) is 0 Å². The second kappa shape index (κ2) is 11.4. The van der Waals surface area contributed by atoms with Crippen LogP contribution in [0, 0.1) is 0 Å². The van der Waals surface area contributed by atoms with Crippen molar-refractivity contribution >= 4 is 98.9 Å². The largest absolute Gasteiger partial charge is 2.00 e. The van der Waals surface area contributed by atoms with Crippen molar-refractivity contribution in [2.45, 2.75) is 36.6 Å². The Hall–Kier alpha value is 2.73. The predicted molar refractivity (Wildman–Crippen MR) is 71.4 cm³/mol. The van der Waals surface area contributed by atoms with Crippen LogP contribution in [0.3, 0.4) is 0 Å². The molecule has 1 saturated carbocycles. The van der Waals surface area contributed by atoms with Gasteiger partial charge in [-0.25, -0.2) is 4.31 Å². The molecule has 0 heterocycles. The number of rotatable bonds is 6. The quantitative estimate of drug-likeness (QED) is 0.169. The molecule has 0 bridgehead atoms. The molecule has 0 aromatic rings. The summed E-state index contributed by atoms with van der Waals surface area (Å²) in [4.78, 5) is 42.6. The Bertz CT molecular complexity index is 580. The minimum atomic E-state index is -6.26. The van der Waals surface area contributed by atoms with Crippen molar-refractivity contribution in [3.05, 3.63) is 0 Å². The molecule has 144 valence electrons. The minimum absolute atomic E-state index is 0. The average Bonchev–Trinajstić information content (AvgIpc) is 2.35. The van der Waals surface area contributed by atoms with Gasteiger partial charge in [-0.1, -0.05) is 0 Å². The molecule has 0 aromatic heterocycles. The van der Waals surface area contributed by atoms with Crippen molar-refractivity contribution in [3.63, 3.8) is 0 Å². The van der Waals surface area contributed by atoms with E-state index in [0.29, 0.717) is 0 Å². The van der Waals surface area contributed by atoms with E-state index in [1.54, 1.807) is 0 Å². The first-order chi connectivity index (χ1) is 10.6. The van der Waals surface area contributed by atoms with E-state index in [2.05, 4.69) is 13.1 Å². The minimum Gasteiger partial charge on any atom is -0.790 e. The van der Waals surface area contributed by atoms with Crippen LogP contribution in [-0.4, -0.2) is 138 Å². The number of aliphatic hydroxyl groups is 5. The van der Waals surface area contributed by atoms with Crippen LogP contribution in [0.15, 0.2) is 0 Å². The Morgan fingerprint density at radius 1 is 0.615 bits per heavy atom. The zero-order valence-corrected chi connectivity index (χ0v) is 19.6. The second-order valence-electron chi connectivity index (χ2n) is 4.53. The molecule has 0 aliphatic heterocycles. The summed E-state index contributed by atoms with van der Waals surface area (Å²) in [6, 6.07) is 0. The van der Waals surface area contributed by atoms with Gasteiger partial charge in [0, 0.05) is 0 Å². The van der Waals surface area contributed by atoms with E-state index in [1.165, 1.54) is 0 Å². The third-order valence-corrected chi connectivity index (χ3v) is 6.43. The zero-order chi connectivity index (χ0) is 19.1. The molecule has 6 unspecified atom stereocenters. The Labute approximate surface area is 205 Å². The maximum Gasteiger partial charge on any atom is 2.00 e. The van der Waals surface area contributed by atoms with Crippen molar-refractivity contribution in [2.75, 3.05) is 0 Å². The summed E-state index contributed by atoms with van der Waals surface area (Å²) in [6.45, 7) is 0. The summed E-state index contributed by atoms with van der Waals surface area (Å²) in [5, 5.41) is 46.9. The molecule has 0 radical (unpaired) electrons. The molecule has 6 atom stereocenters. The normalized spacial score (nSPS) is 36.8. The molecule has 5 N–H and O–H groups in total. The summed E-state index contributed by atoms with van der Waals surface area (Å²) < 4.78 is 42.5. The van der Waals surface area contributed by atoms with Gasteiger partial charge < -0.3 is 54.2 Å². The van der Waals surface area contributed by atoms with Crippen LogP contribution in [0.5, 0.6) is 0 Å². The van der Waals surface area contributed by atoms with Crippen LogP contribution in [0.1, 0.15) is 0 Å². The zero-order valence-electron chi connectivity index (χ0n) is 12.5. The number of phosphoric acid groups is 3. The topological polar surface area (TPSA) is 272 Å². The van der Waals surface area contributed by atoms with Gasteiger partial charge >= 0.3 is 75.5 Å². The summed E-state index contributed by atoms with van der Waals surface area (Å²) in [5.74, 6) is 0. The maximum absolute atomic E-state index is 11.4. The van der Waals surface area contributed by atoms with Crippen LogP contribution in [0.25, 0.3) is 0 Å². The van der Waals surface area contributed by atoms with Gasteiger partial charge in [0.2, 0.25) is 0 Å². The Kier molecular flexibility index (Phi) is 13.5. The van der Waals surface area contributed by atoms with E-state index < -0.39 is 60.1 Å². The van der Waals surface area contributed by atoms with Gasteiger partial charge in [0.05, 0.1) is 7.82 Å².